The van der Waals surface area contributed by atoms with E-state index in [4.69, 9.17) is 9.47 Å². The molecule has 0 radical (unpaired) electrons. The minimum absolute atomic E-state index is 0.127. The number of carbonyl (C=O) groups is 1. The number of hydrogen-bond donors (Lipinski definition) is 0. The molecule has 1 aliphatic heterocycles. The molecule has 1 atom stereocenters. The molecule has 1 aromatic carbocycles. The summed E-state index contributed by atoms with van der Waals surface area (Å²) in [6.45, 7) is 0.940. The number of cyclic esters (lactones) is 1. The lowest BCUT2D eigenvalue weighted by Gasteiger charge is -2.23. The van der Waals surface area contributed by atoms with Gasteiger partial charge in [0, 0.05) is 13.5 Å². The zero-order chi connectivity index (χ0) is 11.4. The fourth-order valence-corrected chi connectivity index (χ4v) is 2.20. The molecular formula is C13H16O3. The van der Waals surface area contributed by atoms with Crippen molar-refractivity contribution in [2.24, 2.45) is 5.41 Å². The number of esters is 1. The molecular weight excluding hydrogens is 204 g/mol. The summed E-state index contributed by atoms with van der Waals surface area (Å²) in [6.07, 6.45) is 1.44. The molecule has 1 heterocycles. The van der Waals surface area contributed by atoms with E-state index in [0.717, 1.165) is 12.0 Å². The zero-order valence-corrected chi connectivity index (χ0v) is 9.44. The van der Waals surface area contributed by atoms with Gasteiger partial charge in [0.1, 0.15) is 0 Å². The van der Waals surface area contributed by atoms with Crippen molar-refractivity contribution in [3.05, 3.63) is 35.9 Å². The van der Waals surface area contributed by atoms with Gasteiger partial charge in [0.2, 0.25) is 0 Å². The van der Waals surface area contributed by atoms with Crippen LogP contribution in [0.15, 0.2) is 30.3 Å². The lowest BCUT2D eigenvalue weighted by molar-refractivity contribution is -0.148. The smallest absolute Gasteiger partial charge is 0.314 e. The van der Waals surface area contributed by atoms with Crippen LogP contribution in [0.3, 0.4) is 0 Å². The number of rotatable bonds is 4. The van der Waals surface area contributed by atoms with E-state index in [1.807, 2.05) is 30.3 Å². The van der Waals surface area contributed by atoms with E-state index in [9.17, 15) is 4.79 Å². The van der Waals surface area contributed by atoms with Crippen molar-refractivity contribution < 1.29 is 14.3 Å². The van der Waals surface area contributed by atoms with E-state index in [0.29, 0.717) is 19.6 Å². The Bertz CT molecular complexity index is 361. The van der Waals surface area contributed by atoms with Crippen LogP contribution in [0.4, 0.5) is 0 Å². The second-order valence-corrected chi connectivity index (χ2v) is 4.26. The highest BCUT2D eigenvalue weighted by atomic mass is 16.5. The molecule has 0 saturated carbocycles. The first kappa shape index (κ1) is 11.1. The minimum atomic E-state index is -0.476. The molecule has 0 bridgehead atoms. The van der Waals surface area contributed by atoms with Crippen molar-refractivity contribution in [3.8, 4) is 0 Å². The minimum Gasteiger partial charge on any atom is -0.465 e. The van der Waals surface area contributed by atoms with Crippen molar-refractivity contribution in [3.63, 3.8) is 0 Å². The Morgan fingerprint density at radius 3 is 2.69 bits per heavy atom. The fourth-order valence-electron chi connectivity index (χ4n) is 2.20. The molecule has 3 heteroatoms. The molecule has 2 rings (SSSR count). The standard InChI is InChI=1S/C13H16O3/c1-15-10-13(7-8-16-12(13)14)9-11-5-3-2-4-6-11/h2-6H,7-10H2,1H3. The van der Waals surface area contributed by atoms with Crippen molar-refractivity contribution in [1.82, 2.24) is 0 Å². The average molecular weight is 220 g/mol. The van der Waals surface area contributed by atoms with E-state index in [1.54, 1.807) is 7.11 Å². The summed E-state index contributed by atoms with van der Waals surface area (Å²) >= 11 is 0. The maximum Gasteiger partial charge on any atom is 0.314 e. The topological polar surface area (TPSA) is 35.5 Å². The molecule has 1 unspecified atom stereocenters. The van der Waals surface area contributed by atoms with Crippen LogP contribution in [0.2, 0.25) is 0 Å². The van der Waals surface area contributed by atoms with Crippen LogP contribution in [-0.2, 0) is 20.7 Å². The highest BCUT2D eigenvalue weighted by molar-refractivity contribution is 5.79. The molecule has 3 nitrogen and oxygen atoms in total. The van der Waals surface area contributed by atoms with Gasteiger partial charge in [0.15, 0.2) is 0 Å². The van der Waals surface area contributed by atoms with E-state index < -0.39 is 5.41 Å². The SMILES string of the molecule is COCC1(Cc2ccccc2)CCOC1=O. The van der Waals surface area contributed by atoms with Crippen LogP contribution in [0.1, 0.15) is 12.0 Å². The zero-order valence-electron chi connectivity index (χ0n) is 9.44. The van der Waals surface area contributed by atoms with Crippen LogP contribution >= 0.6 is 0 Å². The number of hydrogen-bond acceptors (Lipinski definition) is 3. The number of methoxy groups -OCH3 is 1. The summed E-state index contributed by atoms with van der Waals surface area (Å²) in [4.78, 5) is 11.8. The van der Waals surface area contributed by atoms with Crippen molar-refractivity contribution in [2.45, 2.75) is 12.8 Å². The van der Waals surface area contributed by atoms with Crippen LogP contribution in [0.5, 0.6) is 0 Å². The number of carbonyl (C=O) groups excluding carboxylic acids is 1. The predicted octanol–water partition coefficient (Wildman–Crippen LogP) is 1.81. The van der Waals surface area contributed by atoms with Gasteiger partial charge in [-0.2, -0.15) is 0 Å². The van der Waals surface area contributed by atoms with Gasteiger partial charge in [-0.15, -0.1) is 0 Å². The number of benzene rings is 1. The van der Waals surface area contributed by atoms with Crippen molar-refractivity contribution in [1.29, 1.82) is 0 Å². The highest BCUT2D eigenvalue weighted by Crippen LogP contribution is 2.34. The third-order valence-electron chi connectivity index (χ3n) is 3.05. The average Bonchev–Trinajstić information content (AvgIpc) is 2.62. The molecule has 0 aliphatic carbocycles. The van der Waals surface area contributed by atoms with Crippen LogP contribution < -0.4 is 0 Å². The van der Waals surface area contributed by atoms with Crippen LogP contribution in [0, 0.1) is 5.41 Å². The quantitative estimate of drug-likeness (QED) is 0.726. The normalized spacial score (nSPS) is 24.4. The molecule has 1 fully saturated rings. The van der Waals surface area contributed by atoms with Crippen molar-refractivity contribution in [2.75, 3.05) is 20.3 Å². The summed E-state index contributed by atoms with van der Waals surface area (Å²) in [6, 6.07) is 10.00. The first-order valence-corrected chi connectivity index (χ1v) is 5.47. The molecule has 0 spiro atoms. The number of ether oxygens (including phenoxy) is 2. The summed E-state index contributed by atoms with van der Waals surface area (Å²) < 4.78 is 10.2. The molecule has 1 aliphatic rings. The lowest BCUT2D eigenvalue weighted by atomic mass is 9.81. The van der Waals surface area contributed by atoms with Crippen LogP contribution in [0.25, 0.3) is 0 Å². The van der Waals surface area contributed by atoms with Gasteiger partial charge in [-0.05, 0) is 12.0 Å². The van der Waals surface area contributed by atoms with Gasteiger partial charge in [0.05, 0.1) is 18.6 Å². The Balaban J connectivity index is 2.18. The summed E-state index contributed by atoms with van der Waals surface area (Å²) in [5.41, 5.74) is 0.675. The summed E-state index contributed by atoms with van der Waals surface area (Å²) in [5, 5.41) is 0. The monoisotopic (exact) mass is 220 g/mol. The maximum atomic E-state index is 11.8. The Morgan fingerprint density at radius 2 is 2.12 bits per heavy atom. The molecule has 86 valence electrons. The van der Waals surface area contributed by atoms with Gasteiger partial charge in [-0.1, -0.05) is 30.3 Å². The first-order chi connectivity index (χ1) is 7.77. The van der Waals surface area contributed by atoms with E-state index in [1.165, 1.54) is 0 Å². The molecule has 1 saturated heterocycles. The second-order valence-electron chi connectivity index (χ2n) is 4.26. The van der Waals surface area contributed by atoms with E-state index in [-0.39, 0.29) is 5.97 Å². The van der Waals surface area contributed by atoms with Crippen molar-refractivity contribution >= 4 is 5.97 Å². The highest BCUT2D eigenvalue weighted by Gasteiger charge is 2.44. The first-order valence-electron chi connectivity index (χ1n) is 5.47. The van der Waals surface area contributed by atoms with E-state index >= 15 is 0 Å². The lowest BCUT2D eigenvalue weighted by Crippen LogP contribution is -2.34. The third-order valence-corrected chi connectivity index (χ3v) is 3.05. The molecule has 1 aromatic rings. The summed E-state index contributed by atoms with van der Waals surface area (Å²) in [7, 11) is 1.62. The Hall–Kier alpha value is -1.35. The third kappa shape index (κ3) is 2.09. The Kier molecular flexibility index (Phi) is 3.25. The summed E-state index contributed by atoms with van der Waals surface area (Å²) in [5.74, 6) is -0.127. The second kappa shape index (κ2) is 4.66. The maximum absolute atomic E-state index is 11.8. The van der Waals surface area contributed by atoms with E-state index in [2.05, 4.69) is 0 Å². The van der Waals surface area contributed by atoms with Gasteiger partial charge in [0.25, 0.3) is 0 Å². The van der Waals surface area contributed by atoms with Gasteiger partial charge in [-0.3, -0.25) is 4.79 Å². The molecule has 16 heavy (non-hydrogen) atoms. The van der Waals surface area contributed by atoms with Gasteiger partial charge >= 0.3 is 5.97 Å². The predicted molar refractivity (Wildman–Crippen MR) is 60.0 cm³/mol. The molecule has 0 aromatic heterocycles. The van der Waals surface area contributed by atoms with Gasteiger partial charge < -0.3 is 9.47 Å². The van der Waals surface area contributed by atoms with Crippen LogP contribution in [-0.4, -0.2) is 26.3 Å². The fraction of sp³-hybridized carbons (Fsp3) is 0.462. The largest absolute Gasteiger partial charge is 0.465 e. The Labute approximate surface area is 95.4 Å². The molecule has 0 amide bonds. The Morgan fingerprint density at radius 1 is 1.38 bits per heavy atom. The molecule has 0 N–H and O–H groups in total. The van der Waals surface area contributed by atoms with Gasteiger partial charge in [-0.25, -0.2) is 0 Å².